The minimum absolute atomic E-state index is 0.242. The monoisotopic (exact) mass is 266 g/mol. The van der Waals surface area contributed by atoms with Crippen LogP contribution in [-0.4, -0.2) is 25.0 Å². The number of piperidine rings is 1. The summed E-state index contributed by atoms with van der Waals surface area (Å²) < 4.78 is 0. The standard InChI is InChI=1S/C16H30N2O/c1-13-12-15(9-11-17-13)16(19)18-10-5-8-14-6-3-2-4-7-14/h13-15,17H,2-12H2,1H3,(H,18,19)/t13-,15-/m0/s1. The van der Waals surface area contributed by atoms with Crippen LogP contribution in [-0.2, 0) is 4.79 Å². The smallest absolute Gasteiger partial charge is 0.223 e. The van der Waals surface area contributed by atoms with Gasteiger partial charge in [0.05, 0.1) is 0 Å². The van der Waals surface area contributed by atoms with Gasteiger partial charge in [-0.2, -0.15) is 0 Å². The molecule has 3 heteroatoms. The molecule has 0 unspecified atom stereocenters. The molecule has 0 bridgehead atoms. The van der Waals surface area contributed by atoms with Gasteiger partial charge < -0.3 is 10.6 Å². The Morgan fingerprint density at radius 2 is 2.00 bits per heavy atom. The third kappa shape index (κ3) is 5.13. The molecule has 2 rings (SSSR count). The molecule has 2 aliphatic rings. The Bertz CT molecular complexity index is 274. The summed E-state index contributed by atoms with van der Waals surface area (Å²) in [4.78, 5) is 12.1. The quantitative estimate of drug-likeness (QED) is 0.751. The minimum Gasteiger partial charge on any atom is -0.356 e. The van der Waals surface area contributed by atoms with Crippen molar-refractivity contribution in [2.45, 2.75) is 70.8 Å². The number of hydrogen-bond donors (Lipinski definition) is 2. The van der Waals surface area contributed by atoms with Crippen LogP contribution in [0.25, 0.3) is 0 Å². The van der Waals surface area contributed by atoms with Crippen molar-refractivity contribution in [1.82, 2.24) is 10.6 Å². The van der Waals surface area contributed by atoms with Crippen LogP contribution in [0, 0.1) is 11.8 Å². The maximum Gasteiger partial charge on any atom is 0.223 e. The minimum atomic E-state index is 0.242. The largest absolute Gasteiger partial charge is 0.356 e. The molecule has 110 valence electrons. The Hall–Kier alpha value is -0.570. The van der Waals surface area contributed by atoms with Crippen molar-refractivity contribution < 1.29 is 4.79 Å². The van der Waals surface area contributed by atoms with Crippen LogP contribution >= 0.6 is 0 Å². The number of rotatable bonds is 5. The van der Waals surface area contributed by atoms with E-state index in [4.69, 9.17) is 0 Å². The van der Waals surface area contributed by atoms with Gasteiger partial charge in [-0.3, -0.25) is 4.79 Å². The molecule has 2 N–H and O–H groups in total. The van der Waals surface area contributed by atoms with Gasteiger partial charge >= 0.3 is 0 Å². The molecule has 19 heavy (non-hydrogen) atoms. The van der Waals surface area contributed by atoms with Gasteiger partial charge in [0.2, 0.25) is 5.91 Å². The van der Waals surface area contributed by atoms with Crippen LogP contribution in [0.4, 0.5) is 0 Å². The van der Waals surface area contributed by atoms with Crippen molar-refractivity contribution >= 4 is 5.91 Å². The molecule has 1 aliphatic carbocycles. The normalized spacial score (nSPS) is 29.1. The van der Waals surface area contributed by atoms with Crippen LogP contribution < -0.4 is 10.6 Å². The molecule has 2 atom stereocenters. The molecule has 3 nitrogen and oxygen atoms in total. The van der Waals surface area contributed by atoms with Crippen molar-refractivity contribution in [3.05, 3.63) is 0 Å². The molecular weight excluding hydrogens is 236 g/mol. The predicted molar refractivity (Wildman–Crippen MR) is 79.0 cm³/mol. The first-order chi connectivity index (χ1) is 9.25. The Kier molecular flexibility index (Phi) is 6.15. The lowest BCUT2D eigenvalue weighted by atomic mass is 9.86. The Balaban J connectivity index is 1.55. The number of carbonyl (C=O) groups excluding carboxylic acids is 1. The average molecular weight is 266 g/mol. The van der Waals surface area contributed by atoms with Crippen molar-refractivity contribution in [2.24, 2.45) is 11.8 Å². The van der Waals surface area contributed by atoms with Crippen molar-refractivity contribution in [1.29, 1.82) is 0 Å². The highest BCUT2D eigenvalue weighted by molar-refractivity contribution is 5.78. The molecular formula is C16H30N2O. The lowest BCUT2D eigenvalue weighted by Gasteiger charge is -2.27. The fourth-order valence-corrected chi connectivity index (χ4v) is 3.59. The number of hydrogen-bond acceptors (Lipinski definition) is 2. The lowest BCUT2D eigenvalue weighted by molar-refractivity contribution is -0.126. The van der Waals surface area contributed by atoms with Gasteiger partial charge in [-0.15, -0.1) is 0 Å². The highest BCUT2D eigenvalue weighted by Crippen LogP contribution is 2.27. The van der Waals surface area contributed by atoms with E-state index in [2.05, 4.69) is 17.6 Å². The van der Waals surface area contributed by atoms with E-state index in [0.29, 0.717) is 6.04 Å². The number of amides is 1. The summed E-state index contributed by atoms with van der Waals surface area (Å²) in [5.74, 6) is 1.47. The Morgan fingerprint density at radius 1 is 1.21 bits per heavy atom. The summed E-state index contributed by atoms with van der Waals surface area (Å²) in [5.41, 5.74) is 0. The highest BCUT2D eigenvalue weighted by atomic mass is 16.1. The first-order valence-corrected chi connectivity index (χ1v) is 8.27. The van der Waals surface area contributed by atoms with E-state index in [1.165, 1.54) is 38.5 Å². The SMILES string of the molecule is C[C@H]1C[C@@H](C(=O)NCCCC2CCCCC2)CCN1. The molecule has 0 aromatic carbocycles. The molecule has 1 saturated heterocycles. The summed E-state index contributed by atoms with van der Waals surface area (Å²) in [6.45, 7) is 4.04. The maximum absolute atomic E-state index is 12.1. The van der Waals surface area contributed by atoms with E-state index >= 15 is 0 Å². The predicted octanol–water partition coefficient (Wildman–Crippen LogP) is 2.85. The zero-order valence-electron chi connectivity index (χ0n) is 12.4. The first kappa shape index (κ1) is 14.8. The van der Waals surface area contributed by atoms with Crippen molar-refractivity contribution in [3.63, 3.8) is 0 Å². The summed E-state index contributed by atoms with van der Waals surface area (Å²) in [6.07, 6.45) is 11.6. The fraction of sp³-hybridized carbons (Fsp3) is 0.938. The van der Waals surface area contributed by atoms with Crippen LogP contribution in [0.5, 0.6) is 0 Å². The summed E-state index contributed by atoms with van der Waals surface area (Å²) in [6, 6.07) is 0.492. The topological polar surface area (TPSA) is 41.1 Å². The lowest BCUT2D eigenvalue weighted by Crippen LogP contribution is -2.42. The van der Waals surface area contributed by atoms with Crippen LogP contribution in [0.1, 0.15) is 64.7 Å². The summed E-state index contributed by atoms with van der Waals surface area (Å²) in [5, 5.41) is 6.54. The fourth-order valence-electron chi connectivity index (χ4n) is 3.59. The zero-order chi connectivity index (χ0) is 13.5. The van der Waals surface area contributed by atoms with E-state index in [0.717, 1.165) is 38.3 Å². The Morgan fingerprint density at radius 3 is 2.74 bits per heavy atom. The highest BCUT2D eigenvalue weighted by Gasteiger charge is 2.24. The number of nitrogens with one attached hydrogen (secondary N) is 2. The molecule has 0 aromatic heterocycles. The van der Waals surface area contributed by atoms with E-state index in [1.54, 1.807) is 0 Å². The van der Waals surface area contributed by atoms with Crippen LogP contribution in [0.15, 0.2) is 0 Å². The van der Waals surface area contributed by atoms with Crippen LogP contribution in [0.2, 0.25) is 0 Å². The van der Waals surface area contributed by atoms with E-state index in [9.17, 15) is 4.79 Å². The molecule has 1 saturated carbocycles. The van der Waals surface area contributed by atoms with Gasteiger partial charge in [-0.25, -0.2) is 0 Å². The second-order valence-electron chi connectivity index (χ2n) is 6.51. The summed E-state index contributed by atoms with van der Waals surface area (Å²) in [7, 11) is 0. The third-order valence-electron chi connectivity index (χ3n) is 4.81. The zero-order valence-corrected chi connectivity index (χ0v) is 12.4. The van der Waals surface area contributed by atoms with Gasteiger partial charge in [0, 0.05) is 18.5 Å². The van der Waals surface area contributed by atoms with E-state index < -0.39 is 0 Å². The molecule has 0 radical (unpaired) electrons. The van der Waals surface area contributed by atoms with Crippen LogP contribution in [0.3, 0.4) is 0 Å². The maximum atomic E-state index is 12.1. The molecule has 1 amide bonds. The summed E-state index contributed by atoms with van der Waals surface area (Å²) >= 11 is 0. The molecule has 0 aromatic rings. The number of carbonyl (C=O) groups is 1. The van der Waals surface area contributed by atoms with E-state index in [-0.39, 0.29) is 11.8 Å². The molecule has 2 fully saturated rings. The first-order valence-electron chi connectivity index (χ1n) is 8.27. The van der Waals surface area contributed by atoms with E-state index in [1.807, 2.05) is 0 Å². The van der Waals surface area contributed by atoms with Gasteiger partial charge in [-0.1, -0.05) is 32.1 Å². The molecule has 1 heterocycles. The second kappa shape index (κ2) is 7.88. The van der Waals surface area contributed by atoms with Crippen molar-refractivity contribution in [3.8, 4) is 0 Å². The van der Waals surface area contributed by atoms with Gasteiger partial charge in [-0.05, 0) is 45.1 Å². The van der Waals surface area contributed by atoms with Gasteiger partial charge in [0.1, 0.15) is 0 Å². The van der Waals surface area contributed by atoms with Gasteiger partial charge in [0.25, 0.3) is 0 Å². The third-order valence-corrected chi connectivity index (χ3v) is 4.81. The molecule has 1 aliphatic heterocycles. The van der Waals surface area contributed by atoms with Crippen molar-refractivity contribution in [2.75, 3.05) is 13.1 Å². The second-order valence-corrected chi connectivity index (χ2v) is 6.51. The van der Waals surface area contributed by atoms with Gasteiger partial charge in [0.15, 0.2) is 0 Å². The molecule has 0 spiro atoms. The Labute approximate surface area is 117 Å². The average Bonchev–Trinajstić information content (AvgIpc) is 2.44.